The van der Waals surface area contributed by atoms with E-state index in [-0.39, 0.29) is 0 Å². The molecule has 1 rings (SSSR count). The number of carbonyl (C=O) groups is 1. The van der Waals surface area contributed by atoms with Crippen LogP contribution in [0, 0.1) is 6.92 Å². The number of ether oxygens (including phenoxy) is 2. The van der Waals surface area contributed by atoms with Crippen LogP contribution in [0.1, 0.15) is 17.5 Å². The predicted molar refractivity (Wildman–Crippen MR) is 68.2 cm³/mol. The van der Waals surface area contributed by atoms with Crippen LogP contribution in [0.3, 0.4) is 0 Å². The Morgan fingerprint density at radius 1 is 1.39 bits per heavy atom. The van der Waals surface area contributed by atoms with Crippen LogP contribution in [0.5, 0.6) is 11.5 Å². The van der Waals surface area contributed by atoms with E-state index in [1.807, 2.05) is 19.1 Å². The van der Waals surface area contributed by atoms with Crippen molar-refractivity contribution in [2.24, 2.45) is 5.73 Å². The molecule has 100 valence electrons. The van der Waals surface area contributed by atoms with Crippen molar-refractivity contribution in [1.82, 2.24) is 0 Å². The minimum Gasteiger partial charge on any atom is -0.496 e. The SMILES string of the molecule is COc1ccc(CCC(N)C(=O)O)c(OC)c1C. The van der Waals surface area contributed by atoms with E-state index in [0.717, 1.165) is 22.6 Å². The van der Waals surface area contributed by atoms with E-state index in [2.05, 4.69) is 0 Å². The zero-order valence-corrected chi connectivity index (χ0v) is 10.9. The fourth-order valence-electron chi connectivity index (χ4n) is 1.87. The summed E-state index contributed by atoms with van der Waals surface area (Å²) in [6.07, 6.45) is 0.930. The highest BCUT2D eigenvalue weighted by Crippen LogP contribution is 2.31. The first-order chi connectivity index (χ1) is 8.51. The molecule has 0 saturated carbocycles. The van der Waals surface area contributed by atoms with Crippen LogP contribution in [-0.4, -0.2) is 31.3 Å². The molecule has 1 aromatic carbocycles. The third kappa shape index (κ3) is 3.13. The Hall–Kier alpha value is -1.75. The van der Waals surface area contributed by atoms with Crippen molar-refractivity contribution in [3.8, 4) is 11.5 Å². The van der Waals surface area contributed by atoms with Gasteiger partial charge in [0.05, 0.1) is 14.2 Å². The van der Waals surface area contributed by atoms with Gasteiger partial charge in [-0.15, -0.1) is 0 Å². The maximum Gasteiger partial charge on any atom is 0.320 e. The highest BCUT2D eigenvalue weighted by Gasteiger charge is 2.15. The Bertz CT molecular complexity index is 431. The zero-order valence-electron chi connectivity index (χ0n) is 10.9. The average Bonchev–Trinajstić information content (AvgIpc) is 2.35. The lowest BCUT2D eigenvalue weighted by Crippen LogP contribution is -2.30. The molecule has 0 radical (unpaired) electrons. The Morgan fingerprint density at radius 2 is 2.06 bits per heavy atom. The minimum absolute atomic E-state index is 0.372. The smallest absolute Gasteiger partial charge is 0.320 e. The van der Waals surface area contributed by atoms with E-state index >= 15 is 0 Å². The fraction of sp³-hybridized carbons (Fsp3) is 0.462. The maximum absolute atomic E-state index is 10.7. The first kappa shape index (κ1) is 14.3. The third-order valence-corrected chi connectivity index (χ3v) is 2.90. The lowest BCUT2D eigenvalue weighted by atomic mass is 10.0. The Labute approximate surface area is 107 Å². The summed E-state index contributed by atoms with van der Waals surface area (Å²) in [4.78, 5) is 10.7. The number of carboxylic acid groups (broad SMARTS) is 1. The Kier molecular flexibility index (Phi) is 4.97. The number of hydrogen-bond acceptors (Lipinski definition) is 4. The molecule has 3 N–H and O–H groups in total. The van der Waals surface area contributed by atoms with Crippen LogP contribution in [0.2, 0.25) is 0 Å². The van der Waals surface area contributed by atoms with Crippen molar-refractivity contribution in [3.05, 3.63) is 23.3 Å². The molecule has 5 heteroatoms. The van der Waals surface area contributed by atoms with Crippen molar-refractivity contribution in [1.29, 1.82) is 0 Å². The molecule has 0 saturated heterocycles. The summed E-state index contributed by atoms with van der Waals surface area (Å²) in [7, 11) is 3.18. The second-order valence-electron chi connectivity index (χ2n) is 4.07. The highest BCUT2D eigenvalue weighted by atomic mass is 16.5. The number of benzene rings is 1. The molecular formula is C13H19NO4. The van der Waals surface area contributed by atoms with E-state index in [4.69, 9.17) is 20.3 Å². The van der Waals surface area contributed by atoms with Crippen molar-refractivity contribution < 1.29 is 19.4 Å². The minimum atomic E-state index is -0.987. The third-order valence-electron chi connectivity index (χ3n) is 2.90. The van der Waals surface area contributed by atoms with Crippen LogP contribution < -0.4 is 15.2 Å². The van der Waals surface area contributed by atoms with Crippen LogP contribution in [0.4, 0.5) is 0 Å². The van der Waals surface area contributed by atoms with Gasteiger partial charge >= 0.3 is 5.97 Å². The summed E-state index contributed by atoms with van der Waals surface area (Å²) in [6.45, 7) is 1.90. The second kappa shape index (κ2) is 6.26. The van der Waals surface area contributed by atoms with Crippen molar-refractivity contribution >= 4 is 5.97 Å². The summed E-state index contributed by atoms with van der Waals surface area (Å²) < 4.78 is 10.6. The lowest BCUT2D eigenvalue weighted by molar-refractivity contribution is -0.138. The number of aliphatic carboxylic acids is 1. The molecule has 0 aliphatic carbocycles. The van der Waals surface area contributed by atoms with Gasteiger partial charge in [0.15, 0.2) is 0 Å². The molecule has 1 unspecified atom stereocenters. The molecule has 0 heterocycles. The number of hydrogen-bond donors (Lipinski definition) is 2. The lowest BCUT2D eigenvalue weighted by Gasteiger charge is -2.15. The summed E-state index contributed by atoms with van der Waals surface area (Å²) >= 11 is 0. The molecule has 5 nitrogen and oxygen atoms in total. The van der Waals surface area contributed by atoms with Crippen molar-refractivity contribution in [2.75, 3.05) is 14.2 Å². The summed E-state index contributed by atoms with van der Waals surface area (Å²) in [5.41, 5.74) is 7.33. The molecular weight excluding hydrogens is 234 g/mol. The van der Waals surface area contributed by atoms with Gasteiger partial charge in [0.25, 0.3) is 0 Å². The van der Waals surface area contributed by atoms with Gasteiger partial charge < -0.3 is 20.3 Å². The number of rotatable bonds is 6. The topological polar surface area (TPSA) is 81.8 Å². The van der Waals surface area contributed by atoms with E-state index in [1.54, 1.807) is 14.2 Å². The van der Waals surface area contributed by atoms with Crippen LogP contribution >= 0.6 is 0 Å². The maximum atomic E-state index is 10.7. The van der Waals surface area contributed by atoms with Gasteiger partial charge in [-0.2, -0.15) is 0 Å². The molecule has 0 aliphatic heterocycles. The summed E-state index contributed by atoms with van der Waals surface area (Å²) in [6, 6.07) is 2.87. The summed E-state index contributed by atoms with van der Waals surface area (Å²) in [5.74, 6) is 0.490. The monoisotopic (exact) mass is 253 g/mol. The van der Waals surface area contributed by atoms with E-state index in [1.165, 1.54) is 0 Å². The van der Waals surface area contributed by atoms with E-state index in [9.17, 15) is 4.79 Å². The largest absolute Gasteiger partial charge is 0.496 e. The normalized spacial score (nSPS) is 12.0. The highest BCUT2D eigenvalue weighted by molar-refractivity contribution is 5.73. The molecule has 0 aliphatic rings. The molecule has 0 fully saturated rings. The van der Waals surface area contributed by atoms with Gasteiger partial charge in [-0.3, -0.25) is 4.79 Å². The van der Waals surface area contributed by atoms with Gasteiger partial charge in [0, 0.05) is 5.56 Å². The Morgan fingerprint density at radius 3 is 2.56 bits per heavy atom. The van der Waals surface area contributed by atoms with Gasteiger partial charge in [-0.25, -0.2) is 0 Å². The van der Waals surface area contributed by atoms with Gasteiger partial charge in [-0.05, 0) is 31.4 Å². The van der Waals surface area contributed by atoms with Gasteiger partial charge in [0.1, 0.15) is 17.5 Å². The molecule has 0 amide bonds. The first-order valence-electron chi connectivity index (χ1n) is 5.70. The molecule has 0 spiro atoms. The first-order valence-corrected chi connectivity index (χ1v) is 5.70. The summed E-state index contributed by atoms with van der Waals surface area (Å²) in [5, 5.41) is 8.75. The molecule has 1 atom stereocenters. The number of nitrogens with two attached hydrogens (primary N) is 1. The zero-order chi connectivity index (χ0) is 13.7. The van der Waals surface area contributed by atoms with Gasteiger partial charge in [0.2, 0.25) is 0 Å². The predicted octanol–water partition coefficient (Wildman–Crippen LogP) is 1.36. The van der Waals surface area contributed by atoms with E-state index < -0.39 is 12.0 Å². The van der Waals surface area contributed by atoms with Crippen molar-refractivity contribution in [2.45, 2.75) is 25.8 Å². The number of carboxylic acids is 1. The van der Waals surface area contributed by atoms with Gasteiger partial charge in [-0.1, -0.05) is 6.07 Å². The number of methoxy groups -OCH3 is 2. The quantitative estimate of drug-likeness (QED) is 0.800. The fourth-order valence-corrected chi connectivity index (χ4v) is 1.87. The average molecular weight is 253 g/mol. The van der Waals surface area contributed by atoms with E-state index in [0.29, 0.717) is 12.8 Å². The molecule has 0 aromatic heterocycles. The van der Waals surface area contributed by atoms with Crippen LogP contribution in [0.25, 0.3) is 0 Å². The number of aryl methyl sites for hydroxylation is 1. The molecule has 1 aromatic rings. The van der Waals surface area contributed by atoms with Crippen LogP contribution in [-0.2, 0) is 11.2 Å². The van der Waals surface area contributed by atoms with Crippen LogP contribution in [0.15, 0.2) is 12.1 Å². The van der Waals surface area contributed by atoms with Crippen molar-refractivity contribution in [3.63, 3.8) is 0 Å². The Balaban J connectivity index is 2.89. The second-order valence-corrected chi connectivity index (χ2v) is 4.07. The standard InChI is InChI=1S/C13H19NO4/c1-8-11(17-2)7-5-9(12(8)18-3)4-6-10(14)13(15)16/h5,7,10H,4,6,14H2,1-3H3,(H,15,16). The molecule has 0 bridgehead atoms. The molecule has 18 heavy (non-hydrogen) atoms.